The van der Waals surface area contributed by atoms with Gasteiger partial charge in [-0.2, -0.15) is 0 Å². The highest BCUT2D eigenvalue weighted by Crippen LogP contribution is 2.25. The van der Waals surface area contributed by atoms with Crippen LogP contribution >= 0.6 is 0 Å². The Labute approximate surface area is 90.8 Å². The first-order chi connectivity index (χ1) is 7.20. The highest BCUT2D eigenvalue weighted by Gasteiger charge is 2.28. The van der Waals surface area contributed by atoms with Crippen LogP contribution in [0.2, 0.25) is 0 Å². The Balaban J connectivity index is 2.09. The minimum Gasteiger partial charge on any atom is -0.464 e. The molecule has 15 heavy (non-hydrogen) atoms. The summed E-state index contributed by atoms with van der Waals surface area (Å²) < 4.78 is 11.5. The maximum absolute atomic E-state index is 5.77. The number of hydrogen-bond acceptors (Lipinski definition) is 3. The molecule has 84 valence electrons. The van der Waals surface area contributed by atoms with Crippen molar-refractivity contribution in [2.75, 3.05) is 6.54 Å². The van der Waals surface area contributed by atoms with Crippen LogP contribution in [-0.2, 0) is 11.2 Å². The van der Waals surface area contributed by atoms with E-state index in [1.54, 1.807) is 0 Å². The van der Waals surface area contributed by atoms with Gasteiger partial charge in [0.15, 0.2) is 0 Å². The normalized spacial score (nSPS) is 31.8. The summed E-state index contributed by atoms with van der Waals surface area (Å²) in [6.07, 6.45) is 1.40. The van der Waals surface area contributed by atoms with E-state index < -0.39 is 0 Å². The lowest BCUT2D eigenvalue weighted by atomic mass is 10.1. The van der Waals surface area contributed by atoms with Crippen molar-refractivity contribution >= 4 is 0 Å². The summed E-state index contributed by atoms with van der Waals surface area (Å²) >= 11 is 0. The Hall–Kier alpha value is -0.800. The van der Waals surface area contributed by atoms with Crippen LogP contribution in [0.5, 0.6) is 0 Å². The number of ether oxygens (including phenoxy) is 1. The maximum Gasteiger partial charge on any atom is 0.123 e. The minimum absolute atomic E-state index is 0.171. The summed E-state index contributed by atoms with van der Waals surface area (Å²) in [5.74, 6) is 2.03. The van der Waals surface area contributed by atoms with E-state index in [2.05, 4.69) is 26.1 Å². The zero-order chi connectivity index (χ0) is 10.8. The van der Waals surface area contributed by atoms with E-state index in [0.29, 0.717) is 0 Å². The van der Waals surface area contributed by atoms with E-state index in [4.69, 9.17) is 9.15 Å². The number of morpholine rings is 1. The molecule has 0 spiro atoms. The molecule has 0 aromatic carbocycles. The predicted molar refractivity (Wildman–Crippen MR) is 58.8 cm³/mol. The molecule has 3 nitrogen and oxygen atoms in total. The molecule has 1 aromatic heterocycles. The first-order valence-electron chi connectivity index (χ1n) is 5.68. The second-order valence-electron chi connectivity index (χ2n) is 4.20. The molecule has 0 unspecified atom stereocenters. The molecule has 1 saturated heterocycles. The summed E-state index contributed by atoms with van der Waals surface area (Å²) in [6, 6.07) is 4.29. The topological polar surface area (TPSA) is 34.4 Å². The standard InChI is InChI=1S/C12H19NO2/c1-4-10-5-6-11(15-10)12-9(3)14-8(2)7-13-12/h5-6,8-9,12-13H,4,7H2,1-3H3/t8-,9-,12-/m1/s1. The zero-order valence-electron chi connectivity index (χ0n) is 9.62. The van der Waals surface area contributed by atoms with Gasteiger partial charge in [0, 0.05) is 13.0 Å². The summed E-state index contributed by atoms with van der Waals surface area (Å²) in [6.45, 7) is 7.15. The van der Waals surface area contributed by atoms with Gasteiger partial charge in [0.2, 0.25) is 0 Å². The van der Waals surface area contributed by atoms with Crippen LogP contribution in [0.1, 0.15) is 38.3 Å². The van der Waals surface area contributed by atoms with Gasteiger partial charge in [0.1, 0.15) is 11.5 Å². The van der Waals surface area contributed by atoms with Crippen molar-refractivity contribution in [2.24, 2.45) is 0 Å². The third-order valence-electron chi connectivity index (χ3n) is 2.88. The lowest BCUT2D eigenvalue weighted by Gasteiger charge is -2.33. The van der Waals surface area contributed by atoms with Crippen molar-refractivity contribution < 1.29 is 9.15 Å². The van der Waals surface area contributed by atoms with Crippen molar-refractivity contribution in [3.05, 3.63) is 23.7 Å². The maximum atomic E-state index is 5.77. The molecule has 0 radical (unpaired) electrons. The number of aryl methyl sites for hydroxylation is 1. The summed E-state index contributed by atoms with van der Waals surface area (Å²) in [5, 5.41) is 3.45. The second-order valence-corrected chi connectivity index (χ2v) is 4.20. The predicted octanol–water partition coefficient (Wildman–Crippen LogP) is 2.28. The van der Waals surface area contributed by atoms with Gasteiger partial charge >= 0.3 is 0 Å². The lowest BCUT2D eigenvalue weighted by molar-refractivity contribution is -0.0491. The molecule has 0 aliphatic carbocycles. The first-order valence-corrected chi connectivity index (χ1v) is 5.68. The van der Waals surface area contributed by atoms with Crippen molar-refractivity contribution in [1.82, 2.24) is 5.32 Å². The van der Waals surface area contributed by atoms with Crippen LogP contribution in [0, 0.1) is 0 Å². The Morgan fingerprint density at radius 3 is 2.80 bits per heavy atom. The second kappa shape index (κ2) is 4.37. The van der Waals surface area contributed by atoms with E-state index in [9.17, 15) is 0 Å². The molecule has 3 heteroatoms. The van der Waals surface area contributed by atoms with Crippen LogP contribution < -0.4 is 5.32 Å². The number of furan rings is 1. The highest BCUT2D eigenvalue weighted by atomic mass is 16.5. The first kappa shape index (κ1) is 10.7. The summed E-state index contributed by atoms with van der Waals surface area (Å²) in [7, 11) is 0. The fourth-order valence-electron chi connectivity index (χ4n) is 2.04. The fourth-order valence-corrected chi connectivity index (χ4v) is 2.04. The average molecular weight is 209 g/mol. The molecule has 0 amide bonds. The molecule has 3 atom stereocenters. The van der Waals surface area contributed by atoms with Gasteiger partial charge in [0.05, 0.1) is 18.2 Å². The van der Waals surface area contributed by atoms with Crippen LogP contribution in [0.4, 0.5) is 0 Å². The average Bonchev–Trinajstić information content (AvgIpc) is 2.66. The van der Waals surface area contributed by atoms with E-state index in [-0.39, 0.29) is 18.2 Å². The Morgan fingerprint density at radius 2 is 2.20 bits per heavy atom. The summed E-state index contributed by atoms with van der Waals surface area (Å²) in [4.78, 5) is 0. The Morgan fingerprint density at radius 1 is 1.40 bits per heavy atom. The van der Waals surface area contributed by atoms with Crippen LogP contribution in [0.3, 0.4) is 0 Å². The number of nitrogens with one attached hydrogen (secondary N) is 1. The van der Waals surface area contributed by atoms with Gasteiger partial charge in [0.25, 0.3) is 0 Å². The van der Waals surface area contributed by atoms with Crippen LogP contribution in [0.25, 0.3) is 0 Å². The quantitative estimate of drug-likeness (QED) is 0.811. The third-order valence-corrected chi connectivity index (χ3v) is 2.88. The monoisotopic (exact) mass is 209 g/mol. The Bertz CT molecular complexity index is 321. The molecule has 1 aliphatic rings. The smallest absolute Gasteiger partial charge is 0.123 e. The van der Waals surface area contributed by atoms with E-state index in [1.807, 2.05) is 12.1 Å². The van der Waals surface area contributed by atoms with Gasteiger partial charge in [-0.15, -0.1) is 0 Å². The van der Waals surface area contributed by atoms with Crippen LogP contribution in [-0.4, -0.2) is 18.8 Å². The van der Waals surface area contributed by atoms with Crippen molar-refractivity contribution in [2.45, 2.75) is 45.4 Å². The largest absolute Gasteiger partial charge is 0.464 e. The highest BCUT2D eigenvalue weighted by molar-refractivity contribution is 5.12. The third kappa shape index (κ3) is 2.24. The molecule has 1 aliphatic heterocycles. The number of rotatable bonds is 2. The molecule has 1 aromatic rings. The van der Waals surface area contributed by atoms with Gasteiger partial charge in [-0.3, -0.25) is 0 Å². The molecular weight excluding hydrogens is 190 g/mol. The minimum atomic E-state index is 0.171. The number of hydrogen-bond donors (Lipinski definition) is 1. The van der Waals surface area contributed by atoms with Gasteiger partial charge < -0.3 is 14.5 Å². The lowest BCUT2D eigenvalue weighted by Crippen LogP contribution is -2.44. The molecule has 2 rings (SSSR count). The summed E-state index contributed by atoms with van der Waals surface area (Å²) in [5.41, 5.74) is 0. The van der Waals surface area contributed by atoms with Gasteiger partial charge in [-0.25, -0.2) is 0 Å². The van der Waals surface area contributed by atoms with Gasteiger partial charge in [-0.05, 0) is 26.0 Å². The van der Waals surface area contributed by atoms with Gasteiger partial charge in [-0.1, -0.05) is 6.92 Å². The van der Waals surface area contributed by atoms with Crippen molar-refractivity contribution in [3.8, 4) is 0 Å². The fraction of sp³-hybridized carbons (Fsp3) is 0.667. The molecular formula is C12H19NO2. The zero-order valence-corrected chi connectivity index (χ0v) is 9.62. The molecule has 1 fully saturated rings. The van der Waals surface area contributed by atoms with Crippen molar-refractivity contribution in [3.63, 3.8) is 0 Å². The van der Waals surface area contributed by atoms with Crippen LogP contribution in [0.15, 0.2) is 16.5 Å². The molecule has 0 saturated carbocycles. The molecule has 0 bridgehead atoms. The molecule has 2 heterocycles. The van der Waals surface area contributed by atoms with Crippen molar-refractivity contribution in [1.29, 1.82) is 0 Å². The SMILES string of the molecule is CCc1ccc([C@@H]2NC[C@@H](C)O[C@@H]2C)o1. The Kier molecular flexibility index (Phi) is 3.12. The van der Waals surface area contributed by atoms with E-state index >= 15 is 0 Å². The van der Waals surface area contributed by atoms with E-state index in [0.717, 1.165) is 24.5 Å². The van der Waals surface area contributed by atoms with E-state index in [1.165, 1.54) is 0 Å². The molecule has 1 N–H and O–H groups in total.